The molecular weight excluding hydrogens is 258 g/mol. The Kier molecular flexibility index (Phi) is 2.75. The summed E-state index contributed by atoms with van der Waals surface area (Å²) in [5.41, 5.74) is 0.387. The molecule has 20 heavy (non-hydrogen) atoms. The molecule has 3 rings (SSSR count). The van der Waals surface area contributed by atoms with Gasteiger partial charge in [0.2, 0.25) is 0 Å². The van der Waals surface area contributed by atoms with Crippen LogP contribution in [0.1, 0.15) is 27.7 Å². The monoisotopic (exact) mass is 276 g/mol. The van der Waals surface area contributed by atoms with E-state index in [9.17, 15) is 4.39 Å². The molecule has 106 valence electrons. The molecule has 0 unspecified atom stereocenters. The molecule has 2 aromatic rings. The van der Waals surface area contributed by atoms with Crippen molar-refractivity contribution >= 4 is 23.6 Å². The summed E-state index contributed by atoms with van der Waals surface area (Å²) in [6.45, 7) is 7.92. The van der Waals surface area contributed by atoms with Gasteiger partial charge in [-0.05, 0) is 39.2 Å². The van der Waals surface area contributed by atoms with Gasteiger partial charge in [-0.1, -0.05) is 0 Å². The molecule has 2 aromatic heterocycles. The first-order valence-electron chi connectivity index (χ1n) is 6.68. The molecule has 1 fully saturated rings. The van der Waals surface area contributed by atoms with Gasteiger partial charge in [0.15, 0.2) is 0 Å². The molecule has 0 bridgehead atoms. The van der Waals surface area contributed by atoms with Crippen molar-refractivity contribution in [2.45, 2.75) is 38.9 Å². The quantitative estimate of drug-likeness (QED) is 0.747. The summed E-state index contributed by atoms with van der Waals surface area (Å²) in [5.74, 6) is -0.305. The zero-order chi connectivity index (χ0) is 14.7. The lowest BCUT2D eigenvalue weighted by Crippen LogP contribution is -2.41. The third-order valence-electron chi connectivity index (χ3n) is 4.35. The molecule has 1 saturated heterocycles. The van der Waals surface area contributed by atoms with E-state index in [1.165, 1.54) is 6.20 Å². The summed E-state index contributed by atoms with van der Waals surface area (Å²) >= 11 is 0. The van der Waals surface area contributed by atoms with Gasteiger partial charge in [-0.3, -0.25) is 0 Å². The Bertz CT molecular complexity index is 665. The van der Waals surface area contributed by atoms with Gasteiger partial charge in [0.25, 0.3) is 0 Å². The van der Waals surface area contributed by atoms with Crippen molar-refractivity contribution < 1.29 is 13.7 Å². The number of rotatable bonds is 1. The molecule has 0 amide bonds. The highest BCUT2D eigenvalue weighted by atomic mass is 19.1. The van der Waals surface area contributed by atoms with Gasteiger partial charge in [-0.15, -0.1) is 0 Å². The second-order valence-corrected chi connectivity index (χ2v) is 6.27. The first-order valence-corrected chi connectivity index (χ1v) is 6.68. The van der Waals surface area contributed by atoms with E-state index in [2.05, 4.69) is 4.98 Å². The topological polar surface area (TPSA) is 36.3 Å². The molecule has 1 aliphatic rings. The number of nitrogens with zero attached hydrogens (tertiary/aromatic N) is 2. The number of hydrogen-bond donors (Lipinski definition) is 0. The molecule has 3 heterocycles. The van der Waals surface area contributed by atoms with E-state index in [0.717, 1.165) is 0 Å². The summed E-state index contributed by atoms with van der Waals surface area (Å²) in [7, 11) is 1.19. The van der Waals surface area contributed by atoms with Crippen molar-refractivity contribution in [1.82, 2.24) is 9.55 Å². The van der Waals surface area contributed by atoms with Gasteiger partial charge < -0.3 is 13.9 Å². The summed E-state index contributed by atoms with van der Waals surface area (Å²) in [5, 5.41) is 0.466. The number of hydrogen-bond acceptors (Lipinski definition) is 3. The molecule has 6 heteroatoms. The minimum Gasteiger partial charge on any atom is -0.399 e. The van der Waals surface area contributed by atoms with Crippen molar-refractivity contribution in [2.24, 2.45) is 7.05 Å². The van der Waals surface area contributed by atoms with Crippen LogP contribution in [0.25, 0.3) is 11.0 Å². The van der Waals surface area contributed by atoms with E-state index >= 15 is 0 Å². The number of pyridine rings is 1. The summed E-state index contributed by atoms with van der Waals surface area (Å²) in [4.78, 5) is 4.22. The van der Waals surface area contributed by atoms with E-state index in [1.54, 1.807) is 23.9 Å². The van der Waals surface area contributed by atoms with Gasteiger partial charge in [0, 0.05) is 19.4 Å². The van der Waals surface area contributed by atoms with Crippen LogP contribution in [0.5, 0.6) is 0 Å². The number of fused-ring (bicyclic) bond motifs is 1. The van der Waals surface area contributed by atoms with Gasteiger partial charge in [-0.2, -0.15) is 0 Å². The highest BCUT2D eigenvalue weighted by molar-refractivity contribution is 6.65. The maximum atomic E-state index is 14.1. The van der Waals surface area contributed by atoms with Crippen LogP contribution in [-0.2, 0) is 16.4 Å². The van der Waals surface area contributed by atoms with Crippen LogP contribution in [0.3, 0.4) is 0 Å². The van der Waals surface area contributed by atoms with E-state index < -0.39 is 18.3 Å². The normalized spacial score (nSPS) is 20.8. The molecule has 0 saturated carbocycles. The predicted octanol–water partition coefficient (Wildman–Crippen LogP) is 2.01. The van der Waals surface area contributed by atoms with E-state index in [1.807, 2.05) is 27.7 Å². The summed E-state index contributed by atoms with van der Waals surface area (Å²) in [6, 6.07) is 1.76. The standard InChI is InChI=1S/C14H18BFN2O2/c1-13(2)14(3,4)20-15(19-13)9-6-7-17-12-11(9)10(16)8-18(12)5/h6-8H,1-5H3. The Morgan fingerprint density at radius 1 is 1.20 bits per heavy atom. The van der Waals surface area contributed by atoms with Crippen LogP contribution in [-0.4, -0.2) is 27.9 Å². The lowest BCUT2D eigenvalue weighted by atomic mass is 9.78. The maximum absolute atomic E-state index is 14.1. The highest BCUT2D eigenvalue weighted by Crippen LogP contribution is 2.37. The molecule has 4 nitrogen and oxygen atoms in total. The smallest absolute Gasteiger partial charge is 0.399 e. The van der Waals surface area contributed by atoms with Crippen molar-refractivity contribution in [2.75, 3.05) is 0 Å². The molecular formula is C14H18BFN2O2. The fourth-order valence-corrected chi connectivity index (χ4v) is 2.44. The molecule has 0 aromatic carbocycles. The van der Waals surface area contributed by atoms with E-state index in [-0.39, 0.29) is 5.82 Å². The van der Waals surface area contributed by atoms with Crippen LogP contribution in [0.15, 0.2) is 18.5 Å². The first kappa shape index (κ1) is 13.6. The molecule has 0 radical (unpaired) electrons. The van der Waals surface area contributed by atoms with Crippen molar-refractivity contribution in [3.05, 3.63) is 24.3 Å². The third kappa shape index (κ3) is 1.78. The van der Waals surface area contributed by atoms with Crippen LogP contribution in [0.2, 0.25) is 0 Å². The molecule has 0 atom stereocenters. The van der Waals surface area contributed by atoms with Crippen molar-refractivity contribution in [1.29, 1.82) is 0 Å². The van der Waals surface area contributed by atoms with Crippen LogP contribution >= 0.6 is 0 Å². The number of aryl methyl sites for hydroxylation is 1. The second-order valence-electron chi connectivity index (χ2n) is 6.27. The SMILES string of the molecule is Cn1cc(F)c2c(B3OC(C)(C)C(C)(C)O3)ccnc21. The van der Waals surface area contributed by atoms with Gasteiger partial charge in [0.05, 0.1) is 16.6 Å². The lowest BCUT2D eigenvalue weighted by Gasteiger charge is -2.32. The molecule has 0 N–H and O–H groups in total. The Morgan fingerprint density at radius 3 is 2.40 bits per heavy atom. The average Bonchev–Trinajstić information content (AvgIpc) is 2.74. The maximum Gasteiger partial charge on any atom is 0.495 e. The number of halogens is 1. The predicted molar refractivity (Wildman–Crippen MR) is 76.4 cm³/mol. The molecule has 1 aliphatic heterocycles. The van der Waals surface area contributed by atoms with Crippen molar-refractivity contribution in [3.63, 3.8) is 0 Å². The van der Waals surface area contributed by atoms with Gasteiger partial charge in [-0.25, -0.2) is 9.37 Å². The first-order chi connectivity index (χ1) is 9.23. The second kappa shape index (κ2) is 4.05. The third-order valence-corrected chi connectivity index (χ3v) is 4.35. The Balaban J connectivity index is 2.13. The Hall–Kier alpha value is -1.40. The average molecular weight is 276 g/mol. The zero-order valence-corrected chi connectivity index (χ0v) is 12.4. The summed E-state index contributed by atoms with van der Waals surface area (Å²) in [6.07, 6.45) is 3.08. The lowest BCUT2D eigenvalue weighted by molar-refractivity contribution is 0.00578. The largest absolute Gasteiger partial charge is 0.495 e. The molecule has 0 spiro atoms. The van der Waals surface area contributed by atoms with Gasteiger partial charge >= 0.3 is 7.12 Å². The van der Waals surface area contributed by atoms with Crippen LogP contribution in [0, 0.1) is 5.82 Å². The Labute approximate surface area is 118 Å². The Morgan fingerprint density at radius 2 is 1.80 bits per heavy atom. The fraction of sp³-hybridized carbons (Fsp3) is 0.500. The minimum absolute atomic E-state index is 0.305. The van der Waals surface area contributed by atoms with Crippen LogP contribution in [0.4, 0.5) is 4.39 Å². The summed E-state index contributed by atoms with van der Waals surface area (Å²) < 4.78 is 27.8. The fourth-order valence-electron chi connectivity index (χ4n) is 2.44. The minimum atomic E-state index is -0.581. The number of aromatic nitrogens is 2. The highest BCUT2D eigenvalue weighted by Gasteiger charge is 2.52. The zero-order valence-electron chi connectivity index (χ0n) is 12.4. The van der Waals surface area contributed by atoms with Gasteiger partial charge in [0.1, 0.15) is 11.5 Å². The van der Waals surface area contributed by atoms with E-state index in [0.29, 0.717) is 16.5 Å². The van der Waals surface area contributed by atoms with E-state index in [4.69, 9.17) is 9.31 Å². The van der Waals surface area contributed by atoms with Crippen LogP contribution < -0.4 is 5.46 Å². The van der Waals surface area contributed by atoms with Crippen molar-refractivity contribution in [3.8, 4) is 0 Å². The molecule has 0 aliphatic carbocycles.